The number of hydrogen-bond donors (Lipinski definition) is 0. The third-order valence-electron chi connectivity index (χ3n) is 3.13. The summed E-state index contributed by atoms with van der Waals surface area (Å²) in [6.07, 6.45) is 4.63. The molecule has 0 saturated heterocycles. The Hall–Kier alpha value is -1.57. The number of hydrogen-bond acceptors (Lipinski definition) is 1. The number of aromatic nitrogens is 1. The second-order valence-corrected chi connectivity index (χ2v) is 4.44. The van der Waals surface area contributed by atoms with Crippen molar-refractivity contribution in [3.05, 3.63) is 36.0 Å². The van der Waals surface area contributed by atoms with Gasteiger partial charge in [-0.2, -0.15) is 0 Å². The van der Waals surface area contributed by atoms with Crippen LogP contribution in [0.2, 0.25) is 0 Å². The predicted octanol–water partition coefficient (Wildman–Crippen LogP) is 3.57. The number of benzene rings is 1. The first-order chi connectivity index (χ1) is 8.26. The van der Waals surface area contributed by atoms with Crippen molar-refractivity contribution in [2.45, 2.75) is 39.7 Å². The molecule has 0 spiro atoms. The molecule has 17 heavy (non-hydrogen) atoms. The van der Waals surface area contributed by atoms with Gasteiger partial charge in [-0.1, -0.05) is 32.0 Å². The summed E-state index contributed by atoms with van der Waals surface area (Å²) in [5, 5.41) is 1.23. The van der Waals surface area contributed by atoms with E-state index in [1.807, 2.05) is 13.1 Å². The van der Waals surface area contributed by atoms with Crippen molar-refractivity contribution in [1.82, 2.24) is 4.57 Å². The van der Waals surface area contributed by atoms with E-state index in [0.29, 0.717) is 18.7 Å². The molecule has 0 saturated carbocycles. The average molecular weight is 229 g/mol. The number of ketones is 1. The lowest BCUT2D eigenvalue weighted by Crippen LogP contribution is -2.09. The zero-order chi connectivity index (χ0) is 12.3. The van der Waals surface area contributed by atoms with Crippen LogP contribution in [0.15, 0.2) is 30.5 Å². The largest absolute Gasteiger partial charge is 0.340 e. The molecule has 90 valence electrons. The van der Waals surface area contributed by atoms with Crippen molar-refractivity contribution in [2.24, 2.45) is 0 Å². The second kappa shape index (κ2) is 5.17. The van der Waals surface area contributed by atoms with Crippen molar-refractivity contribution in [3.8, 4) is 0 Å². The van der Waals surface area contributed by atoms with Gasteiger partial charge in [0, 0.05) is 12.6 Å². The van der Waals surface area contributed by atoms with Gasteiger partial charge >= 0.3 is 0 Å². The molecule has 0 radical (unpaired) electrons. The molecule has 2 nitrogen and oxygen atoms in total. The summed E-state index contributed by atoms with van der Waals surface area (Å²) in [4.78, 5) is 11.7. The summed E-state index contributed by atoms with van der Waals surface area (Å²) in [5.41, 5.74) is 2.54. The molecule has 1 heterocycles. The van der Waals surface area contributed by atoms with E-state index in [2.05, 4.69) is 35.8 Å². The van der Waals surface area contributed by atoms with Crippen LogP contribution in [0.4, 0.5) is 0 Å². The van der Waals surface area contributed by atoms with Crippen LogP contribution < -0.4 is 0 Å². The number of rotatable bonds is 5. The molecule has 0 amide bonds. The fourth-order valence-corrected chi connectivity index (χ4v) is 2.31. The zero-order valence-corrected chi connectivity index (χ0v) is 10.6. The molecule has 1 aromatic heterocycles. The zero-order valence-electron chi connectivity index (χ0n) is 10.6. The molecule has 0 aliphatic rings. The third-order valence-corrected chi connectivity index (χ3v) is 3.13. The SMILES string of the molecule is CCCC(=O)Cn1ccc2cccc(CC)c21. The Morgan fingerprint density at radius 2 is 2.06 bits per heavy atom. The first-order valence-electron chi connectivity index (χ1n) is 6.34. The molecule has 0 aliphatic carbocycles. The molecule has 0 N–H and O–H groups in total. The lowest BCUT2D eigenvalue weighted by Gasteiger charge is -2.07. The Morgan fingerprint density at radius 3 is 2.76 bits per heavy atom. The molecule has 2 rings (SSSR count). The van der Waals surface area contributed by atoms with Crippen molar-refractivity contribution in [1.29, 1.82) is 0 Å². The normalized spacial score (nSPS) is 10.9. The summed E-state index contributed by atoms with van der Waals surface area (Å²) >= 11 is 0. The minimum Gasteiger partial charge on any atom is -0.340 e. The fourth-order valence-electron chi connectivity index (χ4n) is 2.31. The maximum atomic E-state index is 11.7. The van der Waals surface area contributed by atoms with Gasteiger partial charge < -0.3 is 4.57 Å². The molecule has 0 fully saturated rings. The molecule has 1 aromatic carbocycles. The summed E-state index contributed by atoms with van der Waals surface area (Å²) < 4.78 is 2.09. The quantitative estimate of drug-likeness (QED) is 0.768. The van der Waals surface area contributed by atoms with Gasteiger partial charge in [-0.25, -0.2) is 0 Å². The van der Waals surface area contributed by atoms with Gasteiger partial charge in [0.25, 0.3) is 0 Å². The van der Waals surface area contributed by atoms with Crippen LogP contribution >= 0.6 is 0 Å². The number of aryl methyl sites for hydroxylation is 1. The van der Waals surface area contributed by atoms with Gasteiger partial charge in [0.1, 0.15) is 0 Å². The second-order valence-electron chi connectivity index (χ2n) is 4.44. The summed E-state index contributed by atoms with van der Waals surface area (Å²) in [7, 11) is 0. The van der Waals surface area contributed by atoms with E-state index in [-0.39, 0.29) is 0 Å². The van der Waals surface area contributed by atoms with Gasteiger partial charge in [0.05, 0.1) is 12.1 Å². The lowest BCUT2D eigenvalue weighted by molar-refractivity contribution is -0.119. The molecule has 0 atom stereocenters. The van der Waals surface area contributed by atoms with Gasteiger partial charge in [-0.15, -0.1) is 0 Å². The number of nitrogens with zero attached hydrogens (tertiary/aromatic N) is 1. The van der Waals surface area contributed by atoms with Crippen molar-refractivity contribution in [3.63, 3.8) is 0 Å². The number of carbonyl (C=O) groups excluding carboxylic acids is 1. The van der Waals surface area contributed by atoms with E-state index in [1.165, 1.54) is 16.5 Å². The van der Waals surface area contributed by atoms with Gasteiger partial charge in [0.15, 0.2) is 5.78 Å². The minimum absolute atomic E-state index is 0.316. The van der Waals surface area contributed by atoms with E-state index in [9.17, 15) is 4.79 Å². The summed E-state index contributed by atoms with van der Waals surface area (Å²) in [6, 6.07) is 8.42. The number of Topliss-reactive ketones (excluding diaryl/α,β-unsaturated/α-hetero) is 1. The Bertz CT molecular complexity index is 525. The van der Waals surface area contributed by atoms with Crippen LogP contribution in [0.3, 0.4) is 0 Å². The van der Waals surface area contributed by atoms with E-state index < -0.39 is 0 Å². The van der Waals surface area contributed by atoms with Crippen molar-refractivity contribution >= 4 is 16.7 Å². The molecular formula is C15H19NO. The van der Waals surface area contributed by atoms with Crippen LogP contribution in [0, 0.1) is 0 Å². The van der Waals surface area contributed by atoms with Crippen LogP contribution in [-0.4, -0.2) is 10.4 Å². The van der Waals surface area contributed by atoms with E-state index in [0.717, 1.165) is 12.8 Å². The van der Waals surface area contributed by atoms with Gasteiger partial charge in [0.2, 0.25) is 0 Å². The van der Waals surface area contributed by atoms with Gasteiger partial charge in [-0.3, -0.25) is 4.79 Å². The highest BCUT2D eigenvalue weighted by atomic mass is 16.1. The standard InChI is InChI=1S/C15H19NO/c1-3-6-14(17)11-16-10-9-13-8-5-7-12(4-2)15(13)16/h5,7-10H,3-4,6,11H2,1-2H3. The minimum atomic E-state index is 0.316. The van der Waals surface area contributed by atoms with Crippen molar-refractivity contribution in [2.75, 3.05) is 0 Å². The van der Waals surface area contributed by atoms with Crippen LogP contribution in [0.1, 0.15) is 32.3 Å². The molecule has 2 heteroatoms. The first kappa shape index (κ1) is 11.9. The van der Waals surface area contributed by atoms with E-state index >= 15 is 0 Å². The monoisotopic (exact) mass is 229 g/mol. The molecule has 2 aromatic rings. The van der Waals surface area contributed by atoms with Crippen molar-refractivity contribution < 1.29 is 4.79 Å². The van der Waals surface area contributed by atoms with Crippen LogP contribution in [0.5, 0.6) is 0 Å². The smallest absolute Gasteiger partial charge is 0.152 e. The maximum absolute atomic E-state index is 11.7. The highest BCUT2D eigenvalue weighted by molar-refractivity contribution is 5.86. The molecule has 0 bridgehead atoms. The Morgan fingerprint density at radius 1 is 1.24 bits per heavy atom. The molecule has 0 unspecified atom stereocenters. The lowest BCUT2D eigenvalue weighted by atomic mass is 10.1. The van der Waals surface area contributed by atoms with Gasteiger partial charge in [-0.05, 0) is 29.9 Å². The van der Waals surface area contributed by atoms with E-state index in [4.69, 9.17) is 0 Å². The topological polar surface area (TPSA) is 22.0 Å². The average Bonchev–Trinajstić information content (AvgIpc) is 2.73. The Kier molecular flexibility index (Phi) is 3.62. The highest BCUT2D eigenvalue weighted by Crippen LogP contribution is 2.21. The summed E-state index contributed by atoms with van der Waals surface area (Å²) in [6.45, 7) is 4.71. The Labute approximate surface area is 102 Å². The highest BCUT2D eigenvalue weighted by Gasteiger charge is 2.08. The first-order valence-corrected chi connectivity index (χ1v) is 6.34. The summed E-state index contributed by atoms with van der Waals surface area (Å²) in [5.74, 6) is 0.316. The molecular weight excluding hydrogens is 210 g/mol. The maximum Gasteiger partial charge on any atom is 0.152 e. The van der Waals surface area contributed by atoms with E-state index in [1.54, 1.807) is 0 Å². The third kappa shape index (κ3) is 2.41. The number of para-hydroxylation sites is 1. The number of carbonyl (C=O) groups is 1. The predicted molar refractivity (Wildman–Crippen MR) is 71.2 cm³/mol. The molecule has 0 aliphatic heterocycles. The Balaban J connectivity index is 2.37. The fraction of sp³-hybridized carbons (Fsp3) is 0.400. The number of fused-ring (bicyclic) bond motifs is 1. The van der Waals surface area contributed by atoms with Crippen LogP contribution in [0.25, 0.3) is 10.9 Å². The van der Waals surface area contributed by atoms with Crippen LogP contribution in [-0.2, 0) is 17.8 Å².